The van der Waals surface area contributed by atoms with Gasteiger partial charge in [-0.05, 0) is 90.7 Å². The van der Waals surface area contributed by atoms with Crippen molar-refractivity contribution < 1.29 is 24.2 Å². The average molecular weight is 619 g/mol. The Balaban J connectivity index is 1.12. The van der Waals surface area contributed by atoms with Crippen LogP contribution in [0.25, 0.3) is 5.57 Å². The number of ether oxygens (including phenoxy) is 1. The van der Waals surface area contributed by atoms with Gasteiger partial charge in [-0.2, -0.15) is 0 Å². The first kappa shape index (κ1) is 33.4. The highest BCUT2D eigenvalue weighted by atomic mass is 16.5. The quantitative estimate of drug-likeness (QED) is 0.129. The molecule has 0 saturated heterocycles. The van der Waals surface area contributed by atoms with Crippen LogP contribution in [0.5, 0.6) is 0 Å². The number of amides is 1. The van der Waals surface area contributed by atoms with Crippen molar-refractivity contribution in [3.63, 3.8) is 0 Å². The maximum absolute atomic E-state index is 12.9. The van der Waals surface area contributed by atoms with Crippen LogP contribution in [-0.2, 0) is 19.1 Å². The zero-order chi connectivity index (χ0) is 32.0. The standard InChI is InChI=1S/C38H54N2O5/c1-4-5-6-7-8-9-23-40(26-35(42)43)34(41)16-17-36(44)45-29-18-20-37(2)28(24-29)12-13-30-32-15-14-31(27-11-10-22-39-25-27)38(32,3)21-19-33(30)37/h10-12,14,22,25,29-30,32-33H,4-9,13,15-21,23-24,26H2,1-3H3,(H,42,43)/t29-,30-,32-,33-,37-,38+/m0/s1. The Kier molecular flexibility index (Phi) is 10.9. The number of carbonyl (C=O) groups excluding carboxylic acids is 2. The maximum Gasteiger partial charge on any atom is 0.323 e. The van der Waals surface area contributed by atoms with Crippen LogP contribution in [0, 0.1) is 28.6 Å². The van der Waals surface area contributed by atoms with Crippen molar-refractivity contribution in [3.05, 3.63) is 47.8 Å². The summed E-state index contributed by atoms with van der Waals surface area (Å²) in [6.07, 6.45) is 22.4. The molecule has 0 aromatic carbocycles. The van der Waals surface area contributed by atoms with Gasteiger partial charge in [0.1, 0.15) is 12.6 Å². The minimum atomic E-state index is -1.02. The summed E-state index contributed by atoms with van der Waals surface area (Å²) in [5.74, 6) is 0.310. The Hall–Kier alpha value is -2.96. The number of hydrogen-bond acceptors (Lipinski definition) is 5. The third-order valence-corrected chi connectivity index (χ3v) is 11.9. The summed E-state index contributed by atoms with van der Waals surface area (Å²) >= 11 is 0. The van der Waals surface area contributed by atoms with Crippen LogP contribution in [0.3, 0.4) is 0 Å². The second-order valence-electron chi connectivity index (χ2n) is 14.6. The molecule has 1 aromatic rings. The van der Waals surface area contributed by atoms with Gasteiger partial charge < -0.3 is 14.7 Å². The molecule has 4 aliphatic rings. The Morgan fingerprint density at radius 2 is 1.76 bits per heavy atom. The predicted molar refractivity (Wildman–Crippen MR) is 176 cm³/mol. The van der Waals surface area contributed by atoms with E-state index in [2.05, 4.69) is 44.0 Å². The maximum atomic E-state index is 12.9. The van der Waals surface area contributed by atoms with Gasteiger partial charge in [-0.25, -0.2) is 0 Å². The lowest BCUT2D eigenvalue weighted by Crippen LogP contribution is -2.50. The average Bonchev–Trinajstić information content (AvgIpc) is 3.38. The van der Waals surface area contributed by atoms with E-state index in [-0.39, 0.29) is 48.2 Å². The summed E-state index contributed by atoms with van der Waals surface area (Å²) < 4.78 is 5.94. The van der Waals surface area contributed by atoms with Crippen LogP contribution in [0.2, 0.25) is 0 Å². The zero-order valence-corrected chi connectivity index (χ0v) is 27.8. The lowest BCUT2D eigenvalue weighted by molar-refractivity contribution is -0.153. The second-order valence-corrected chi connectivity index (χ2v) is 14.6. The molecule has 1 heterocycles. The number of nitrogens with zero attached hydrogens (tertiary/aromatic N) is 2. The van der Waals surface area contributed by atoms with Crippen molar-refractivity contribution in [2.45, 2.75) is 123 Å². The minimum absolute atomic E-state index is 0.00447. The number of unbranched alkanes of at least 4 members (excludes halogenated alkanes) is 5. The topological polar surface area (TPSA) is 96.8 Å². The van der Waals surface area contributed by atoms with E-state index < -0.39 is 5.97 Å². The van der Waals surface area contributed by atoms with Crippen LogP contribution in [-0.4, -0.2) is 52.0 Å². The van der Waals surface area contributed by atoms with Crippen molar-refractivity contribution in [1.82, 2.24) is 9.88 Å². The van der Waals surface area contributed by atoms with E-state index in [4.69, 9.17) is 4.74 Å². The van der Waals surface area contributed by atoms with Crippen LogP contribution >= 0.6 is 0 Å². The highest BCUT2D eigenvalue weighted by Crippen LogP contribution is 2.66. The Morgan fingerprint density at radius 3 is 2.51 bits per heavy atom. The normalized spacial score (nSPS) is 30.3. The van der Waals surface area contributed by atoms with Crippen molar-refractivity contribution >= 4 is 23.4 Å². The fourth-order valence-electron chi connectivity index (χ4n) is 9.42. The Labute approximate surface area is 269 Å². The summed E-state index contributed by atoms with van der Waals surface area (Å²) in [5, 5.41) is 9.31. The first-order chi connectivity index (χ1) is 21.7. The largest absolute Gasteiger partial charge is 0.480 e. The lowest BCUT2D eigenvalue weighted by atomic mass is 9.47. The number of rotatable bonds is 14. The molecule has 0 bridgehead atoms. The lowest BCUT2D eigenvalue weighted by Gasteiger charge is -2.57. The molecule has 6 atom stereocenters. The highest BCUT2D eigenvalue weighted by Gasteiger charge is 2.57. The first-order valence-electron chi connectivity index (χ1n) is 17.6. The van der Waals surface area contributed by atoms with E-state index in [9.17, 15) is 19.5 Å². The molecule has 246 valence electrons. The third-order valence-electron chi connectivity index (χ3n) is 11.9. The fourth-order valence-corrected chi connectivity index (χ4v) is 9.42. The summed E-state index contributed by atoms with van der Waals surface area (Å²) in [5.41, 5.74) is 4.56. The molecule has 5 rings (SSSR count). The number of aliphatic carboxylic acids is 1. The van der Waals surface area contributed by atoms with Crippen molar-refractivity contribution in [2.24, 2.45) is 28.6 Å². The number of aromatic nitrogens is 1. The summed E-state index contributed by atoms with van der Waals surface area (Å²) in [6.45, 7) is 7.22. The van der Waals surface area contributed by atoms with Gasteiger partial charge in [-0.1, -0.05) is 76.7 Å². The van der Waals surface area contributed by atoms with Gasteiger partial charge in [-0.3, -0.25) is 19.4 Å². The minimum Gasteiger partial charge on any atom is -0.480 e. The van der Waals surface area contributed by atoms with Crippen molar-refractivity contribution in [1.29, 1.82) is 0 Å². The second kappa shape index (κ2) is 14.6. The zero-order valence-electron chi connectivity index (χ0n) is 27.8. The van der Waals surface area contributed by atoms with E-state index in [0.29, 0.717) is 24.3 Å². The van der Waals surface area contributed by atoms with Crippen LogP contribution in [0.1, 0.15) is 123 Å². The van der Waals surface area contributed by atoms with Gasteiger partial charge in [0, 0.05) is 31.8 Å². The van der Waals surface area contributed by atoms with Gasteiger partial charge in [0.25, 0.3) is 0 Å². The SMILES string of the molecule is CCCCCCCCN(CC(=O)O)C(=O)CCC(=O)O[C@H]1CC[C@@]2(C)C(=CC[C@@H]3[C@@H]2CC[C@]2(C)C(c4cccnc4)=CC[C@@H]32)C1. The fraction of sp³-hybridized carbons (Fsp3) is 0.684. The van der Waals surface area contributed by atoms with E-state index in [1.54, 1.807) is 0 Å². The molecule has 2 fully saturated rings. The van der Waals surface area contributed by atoms with Crippen LogP contribution in [0.4, 0.5) is 0 Å². The van der Waals surface area contributed by atoms with E-state index in [1.165, 1.54) is 53.7 Å². The molecule has 0 radical (unpaired) electrons. The molecule has 0 aliphatic heterocycles. The molecule has 0 spiro atoms. The number of carboxylic acid groups (broad SMARTS) is 1. The number of fused-ring (bicyclic) bond motifs is 5. The number of pyridine rings is 1. The molecule has 7 nitrogen and oxygen atoms in total. The monoisotopic (exact) mass is 618 g/mol. The van der Waals surface area contributed by atoms with Crippen LogP contribution in [0.15, 0.2) is 42.3 Å². The molecule has 45 heavy (non-hydrogen) atoms. The predicted octanol–water partition coefficient (Wildman–Crippen LogP) is 8.00. The van der Waals surface area contributed by atoms with Gasteiger partial charge in [-0.15, -0.1) is 0 Å². The number of esters is 1. The molecule has 4 aliphatic carbocycles. The van der Waals surface area contributed by atoms with Crippen LogP contribution < -0.4 is 0 Å². The van der Waals surface area contributed by atoms with Crippen molar-refractivity contribution in [3.8, 4) is 0 Å². The first-order valence-corrected chi connectivity index (χ1v) is 17.6. The number of carboxylic acids is 1. The smallest absolute Gasteiger partial charge is 0.323 e. The molecule has 7 heteroatoms. The Morgan fingerprint density at radius 1 is 0.978 bits per heavy atom. The number of carbonyl (C=O) groups is 3. The van der Waals surface area contributed by atoms with Gasteiger partial charge in [0.2, 0.25) is 5.91 Å². The highest BCUT2D eigenvalue weighted by molar-refractivity contribution is 5.84. The van der Waals surface area contributed by atoms with E-state index in [1.807, 2.05) is 18.5 Å². The summed E-state index contributed by atoms with van der Waals surface area (Å²) in [4.78, 5) is 42.9. The molecule has 2 saturated carbocycles. The van der Waals surface area contributed by atoms with E-state index in [0.717, 1.165) is 51.4 Å². The third kappa shape index (κ3) is 7.38. The molecular weight excluding hydrogens is 564 g/mol. The number of allylic oxidation sites excluding steroid dienone is 3. The van der Waals surface area contributed by atoms with Gasteiger partial charge in [0.15, 0.2) is 0 Å². The molecule has 1 N–H and O–H groups in total. The number of hydrogen-bond donors (Lipinski definition) is 1. The van der Waals surface area contributed by atoms with E-state index >= 15 is 0 Å². The Bertz CT molecular complexity index is 1270. The van der Waals surface area contributed by atoms with Gasteiger partial charge >= 0.3 is 11.9 Å². The summed E-state index contributed by atoms with van der Waals surface area (Å²) in [6, 6.07) is 4.25. The summed E-state index contributed by atoms with van der Waals surface area (Å²) in [7, 11) is 0. The molecular formula is C38H54N2O5. The molecule has 0 unspecified atom stereocenters. The molecule has 1 amide bonds. The molecule has 1 aromatic heterocycles. The van der Waals surface area contributed by atoms with Gasteiger partial charge in [0.05, 0.1) is 6.42 Å². The van der Waals surface area contributed by atoms with Crippen molar-refractivity contribution in [2.75, 3.05) is 13.1 Å².